The van der Waals surface area contributed by atoms with Gasteiger partial charge < -0.3 is 19.9 Å². The smallest absolute Gasteiger partial charge is 0.242 e. The number of aliphatic hydroxyl groups is 1. The number of aryl methyl sites for hydroxylation is 2. The molecule has 4 aromatic carbocycles. The van der Waals surface area contributed by atoms with Gasteiger partial charge in [-0.1, -0.05) is 96.2 Å². The molecule has 4 atom stereocenters. The molecule has 0 radical (unpaired) electrons. The van der Waals surface area contributed by atoms with Crippen molar-refractivity contribution in [1.29, 1.82) is 0 Å². The molecule has 1 aliphatic heterocycles. The van der Waals surface area contributed by atoms with E-state index in [1.54, 1.807) is 42.1 Å². The van der Waals surface area contributed by atoms with E-state index in [-0.39, 0.29) is 30.1 Å². The third kappa shape index (κ3) is 9.01. The highest BCUT2D eigenvalue weighted by Crippen LogP contribution is 2.39. The lowest BCUT2D eigenvalue weighted by Gasteiger charge is -2.36. The molecule has 0 saturated carbocycles. The average molecular weight is 715 g/mol. The van der Waals surface area contributed by atoms with E-state index in [1.165, 1.54) is 23.9 Å². The van der Waals surface area contributed by atoms with E-state index in [9.17, 15) is 18.3 Å². The number of aromatic nitrogens is 4. The maximum atomic E-state index is 13.8. The molecular weight excluding hydrogens is 677 g/mol. The number of thioether (sulfide) groups is 1. The first-order valence-corrected chi connectivity index (χ1v) is 18.5. The molecule has 12 nitrogen and oxygen atoms in total. The molecule has 0 bridgehead atoms. The standard InChI is InChI=1S/C36H38N6O6S2/c1-24-11-17-31(18-12-24)50(45,46)39-32(19-25-7-4-3-5-8-25)34(44)37-29-10-6-9-28(20-29)35-47-30(23-49-36-38-40-41-42(36)2)21-33(48-35)27-15-13-26(22-43)14-16-27/h3-18,20,30,32-33,35,39,43H,19,21-23H2,1-2H3,(H,37,44). The summed E-state index contributed by atoms with van der Waals surface area (Å²) in [6.45, 7) is 1.82. The van der Waals surface area contributed by atoms with Crippen molar-refractivity contribution in [2.75, 3.05) is 11.1 Å². The first-order valence-electron chi connectivity index (χ1n) is 16.1. The number of amides is 1. The number of ether oxygens (including phenoxy) is 2. The summed E-state index contributed by atoms with van der Waals surface area (Å²) in [4.78, 5) is 13.9. The van der Waals surface area contributed by atoms with Crippen LogP contribution in [0.5, 0.6) is 0 Å². The van der Waals surface area contributed by atoms with E-state index in [0.717, 1.165) is 22.3 Å². The second-order valence-electron chi connectivity index (χ2n) is 12.0. The highest BCUT2D eigenvalue weighted by Gasteiger charge is 2.33. The summed E-state index contributed by atoms with van der Waals surface area (Å²) in [5.74, 6) is 0.0541. The summed E-state index contributed by atoms with van der Waals surface area (Å²) < 4.78 is 43.9. The van der Waals surface area contributed by atoms with Gasteiger partial charge in [0.05, 0.1) is 23.7 Å². The van der Waals surface area contributed by atoms with Gasteiger partial charge in [-0.15, -0.1) is 5.10 Å². The Kier molecular flexibility index (Phi) is 11.4. The summed E-state index contributed by atoms with van der Waals surface area (Å²) in [6.07, 6.45) is -0.598. The number of benzene rings is 4. The van der Waals surface area contributed by atoms with Crippen molar-refractivity contribution in [2.24, 2.45) is 7.05 Å². The number of aliphatic hydroxyl groups excluding tert-OH is 1. The fourth-order valence-electron chi connectivity index (χ4n) is 5.54. The van der Waals surface area contributed by atoms with Crippen LogP contribution < -0.4 is 10.0 Å². The van der Waals surface area contributed by atoms with Crippen molar-refractivity contribution in [3.8, 4) is 0 Å². The monoisotopic (exact) mass is 714 g/mol. The summed E-state index contributed by atoms with van der Waals surface area (Å²) in [5.41, 5.74) is 4.60. The Morgan fingerprint density at radius 1 is 0.960 bits per heavy atom. The lowest BCUT2D eigenvalue weighted by atomic mass is 10.0. The molecule has 0 aliphatic carbocycles. The summed E-state index contributed by atoms with van der Waals surface area (Å²) in [7, 11) is -2.23. The molecule has 0 spiro atoms. The maximum absolute atomic E-state index is 13.8. The van der Waals surface area contributed by atoms with Crippen LogP contribution in [-0.2, 0) is 44.4 Å². The topological polar surface area (TPSA) is 158 Å². The Balaban J connectivity index is 1.22. The zero-order valence-corrected chi connectivity index (χ0v) is 29.2. The minimum Gasteiger partial charge on any atom is -0.392 e. The van der Waals surface area contributed by atoms with Crippen molar-refractivity contribution in [2.45, 2.75) is 61.0 Å². The molecule has 2 heterocycles. The molecular formula is C36H38N6O6S2. The number of nitrogens with one attached hydrogen (secondary N) is 2. The molecule has 14 heteroatoms. The third-order valence-electron chi connectivity index (χ3n) is 8.25. The number of anilines is 1. The number of nitrogens with zero attached hydrogens (tertiary/aromatic N) is 4. The molecule has 5 aromatic rings. The van der Waals surface area contributed by atoms with Gasteiger partial charge in [-0.05, 0) is 64.7 Å². The van der Waals surface area contributed by atoms with Gasteiger partial charge in [0.2, 0.25) is 21.1 Å². The van der Waals surface area contributed by atoms with Crippen molar-refractivity contribution in [3.63, 3.8) is 0 Å². The zero-order valence-electron chi connectivity index (χ0n) is 27.5. The van der Waals surface area contributed by atoms with E-state index in [0.29, 0.717) is 28.6 Å². The molecule has 3 N–H and O–H groups in total. The molecule has 50 heavy (non-hydrogen) atoms. The number of rotatable bonds is 13. The van der Waals surface area contributed by atoms with Crippen LogP contribution in [0.15, 0.2) is 113 Å². The molecule has 1 aliphatic rings. The number of hydrogen-bond donors (Lipinski definition) is 3. The molecule has 260 valence electrons. The Hall–Kier alpha value is -4.44. The Labute approximate surface area is 295 Å². The molecule has 1 saturated heterocycles. The van der Waals surface area contributed by atoms with Crippen LogP contribution in [0, 0.1) is 6.92 Å². The predicted molar refractivity (Wildman–Crippen MR) is 188 cm³/mol. The van der Waals surface area contributed by atoms with E-state index >= 15 is 0 Å². The van der Waals surface area contributed by atoms with Crippen LogP contribution >= 0.6 is 11.8 Å². The normalized spacial score (nSPS) is 18.4. The van der Waals surface area contributed by atoms with Gasteiger partial charge in [0.25, 0.3) is 0 Å². The van der Waals surface area contributed by atoms with Crippen LogP contribution in [0.2, 0.25) is 0 Å². The summed E-state index contributed by atoms with van der Waals surface area (Å²) in [5, 5.41) is 24.8. The van der Waals surface area contributed by atoms with E-state index in [4.69, 9.17) is 9.47 Å². The van der Waals surface area contributed by atoms with Crippen LogP contribution in [0.25, 0.3) is 0 Å². The van der Waals surface area contributed by atoms with E-state index < -0.39 is 28.3 Å². The second kappa shape index (κ2) is 16.1. The average Bonchev–Trinajstić information content (AvgIpc) is 3.55. The number of carbonyl (C=O) groups excluding carboxylic acids is 1. The summed E-state index contributed by atoms with van der Waals surface area (Å²) in [6, 6.07) is 29.4. The van der Waals surface area contributed by atoms with Crippen molar-refractivity contribution < 1.29 is 27.8 Å². The minimum atomic E-state index is -4.01. The maximum Gasteiger partial charge on any atom is 0.242 e. The van der Waals surface area contributed by atoms with Crippen LogP contribution in [0.1, 0.15) is 46.6 Å². The molecule has 1 aromatic heterocycles. The van der Waals surface area contributed by atoms with Crippen molar-refractivity contribution >= 4 is 33.4 Å². The van der Waals surface area contributed by atoms with Gasteiger partial charge in [0.1, 0.15) is 6.04 Å². The Morgan fingerprint density at radius 3 is 2.42 bits per heavy atom. The van der Waals surface area contributed by atoms with Gasteiger partial charge in [-0.3, -0.25) is 4.79 Å². The van der Waals surface area contributed by atoms with Gasteiger partial charge in [-0.25, -0.2) is 13.1 Å². The molecule has 1 fully saturated rings. The first kappa shape index (κ1) is 35.4. The number of tetrazole rings is 1. The van der Waals surface area contributed by atoms with Gasteiger partial charge in [0.15, 0.2) is 6.29 Å². The first-order chi connectivity index (χ1) is 24.2. The van der Waals surface area contributed by atoms with E-state index in [2.05, 4.69) is 25.6 Å². The quantitative estimate of drug-likeness (QED) is 0.144. The molecule has 6 rings (SSSR count). The van der Waals surface area contributed by atoms with Gasteiger partial charge in [0, 0.05) is 30.5 Å². The highest BCUT2D eigenvalue weighted by atomic mass is 32.2. The van der Waals surface area contributed by atoms with Gasteiger partial charge in [-0.2, -0.15) is 4.72 Å². The number of hydrogen-bond acceptors (Lipinski definition) is 10. The fourth-order valence-corrected chi connectivity index (χ4v) is 7.60. The largest absolute Gasteiger partial charge is 0.392 e. The van der Waals surface area contributed by atoms with Crippen LogP contribution in [0.4, 0.5) is 5.69 Å². The Bertz CT molecular complexity index is 1990. The minimum absolute atomic E-state index is 0.0549. The lowest BCUT2D eigenvalue weighted by Crippen LogP contribution is -2.45. The highest BCUT2D eigenvalue weighted by molar-refractivity contribution is 7.99. The second-order valence-corrected chi connectivity index (χ2v) is 14.7. The Morgan fingerprint density at radius 2 is 1.72 bits per heavy atom. The summed E-state index contributed by atoms with van der Waals surface area (Å²) >= 11 is 1.48. The lowest BCUT2D eigenvalue weighted by molar-refractivity contribution is -0.245. The molecule has 4 unspecified atom stereocenters. The SMILES string of the molecule is Cc1ccc(S(=O)(=O)NC(Cc2ccccc2)C(=O)Nc2cccc(C3OC(CSc4nnnn4C)CC(c4ccc(CO)cc4)O3)c2)cc1. The number of sulfonamides is 1. The van der Waals surface area contributed by atoms with Gasteiger partial charge >= 0.3 is 0 Å². The molecule has 1 amide bonds. The van der Waals surface area contributed by atoms with Crippen molar-refractivity contribution in [1.82, 2.24) is 24.9 Å². The van der Waals surface area contributed by atoms with Crippen molar-refractivity contribution in [3.05, 3.63) is 131 Å². The third-order valence-corrected chi connectivity index (χ3v) is 10.9. The fraction of sp³-hybridized carbons (Fsp3) is 0.278. The van der Waals surface area contributed by atoms with E-state index in [1.807, 2.05) is 67.6 Å². The van der Waals surface area contributed by atoms with Crippen LogP contribution in [0.3, 0.4) is 0 Å². The van der Waals surface area contributed by atoms with Crippen LogP contribution in [-0.4, -0.2) is 57.5 Å². The predicted octanol–water partition coefficient (Wildman–Crippen LogP) is 4.88. The number of carbonyl (C=O) groups is 1. The zero-order chi connectivity index (χ0) is 35.1.